The van der Waals surface area contributed by atoms with Crippen molar-refractivity contribution in [3.63, 3.8) is 0 Å². The number of methoxy groups -OCH3 is 1. The monoisotopic (exact) mass is 447 g/mol. The molecule has 1 aliphatic carbocycles. The number of hydrogen-bond acceptors (Lipinski definition) is 3. The molecule has 0 saturated heterocycles. The Kier molecular flexibility index (Phi) is 9.25. The van der Waals surface area contributed by atoms with Crippen LogP contribution in [0.2, 0.25) is 0 Å². The Hall–Kier alpha value is -1.18. The lowest BCUT2D eigenvalue weighted by Crippen LogP contribution is -2.37. The fourth-order valence-electron chi connectivity index (χ4n) is 2.90. The van der Waals surface area contributed by atoms with E-state index < -0.39 is 0 Å². The molecule has 0 heterocycles. The SMILES string of the molecule is CCN(CC)C(N)=NCc1ccc(OC)cc1OC1CCCC1.I. The van der Waals surface area contributed by atoms with Gasteiger partial charge in [-0.3, -0.25) is 0 Å². The van der Waals surface area contributed by atoms with Crippen LogP contribution in [0.1, 0.15) is 45.1 Å². The summed E-state index contributed by atoms with van der Waals surface area (Å²) >= 11 is 0. The first kappa shape index (κ1) is 20.9. The topological polar surface area (TPSA) is 60.1 Å². The van der Waals surface area contributed by atoms with Gasteiger partial charge in [-0.25, -0.2) is 4.99 Å². The molecule has 2 N–H and O–H groups in total. The Morgan fingerprint density at radius 1 is 1.25 bits per heavy atom. The van der Waals surface area contributed by atoms with E-state index in [1.165, 1.54) is 12.8 Å². The van der Waals surface area contributed by atoms with Gasteiger partial charge in [-0.05, 0) is 51.7 Å². The maximum Gasteiger partial charge on any atom is 0.191 e. The van der Waals surface area contributed by atoms with Gasteiger partial charge < -0.3 is 20.1 Å². The number of hydrogen-bond donors (Lipinski definition) is 1. The molecule has 0 aliphatic heterocycles. The summed E-state index contributed by atoms with van der Waals surface area (Å²) in [6, 6.07) is 5.92. The molecule has 0 spiro atoms. The maximum absolute atomic E-state index is 6.19. The van der Waals surface area contributed by atoms with Crippen molar-refractivity contribution in [2.24, 2.45) is 10.7 Å². The van der Waals surface area contributed by atoms with Gasteiger partial charge in [-0.15, -0.1) is 24.0 Å². The maximum atomic E-state index is 6.19. The van der Waals surface area contributed by atoms with Crippen LogP contribution < -0.4 is 15.2 Å². The summed E-state index contributed by atoms with van der Waals surface area (Å²) in [6.07, 6.45) is 5.06. The van der Waals surface area contributed by atoms with Crippen molar-refractivity contribution in [1.82, 2.24) is 4.90 Å². The normalized spacial score (nSPS) is 15.0. The molecule has 0 atom stereocenters. The lowest BCUT2D eigenvalue weighted by atomic mass is 10.2. The minimum Gasteiger partial charge on any atom is -0.497 e. The van der Waals surface area contributed by atoms with Gasteiger partial charge in [0.2, 0.25) is 0 Å². The summed E-state index contributed by atoms with van der Waals surface area (Å²) in [7, 11) is 1.67. The largest absolute Gasteiger partial charge is 0.497 e. The second kappa shape index (κ2) is 10.6. The first-order valence-corrected chi connectivity index (χ1v) is 8.56. The second-order valence-corrected chi connectivity index (χ2v) is 5.84. The van der Waals surface area contributed by atoms with Gasteiger partial charge >= 0.3 is 0 Å². The number of guanidine groups is 1. The number of nitrogens with two attached hydrogens (primary N) is 1. The quantitative estimate of drug-likeness (QED) is 0.393. The number of ether oxygens (including phenoxy) is 2. The third-order valence-corrected chi connectivity index (χ3v) is 4.37. The van der Waals surface area contributed by atoms with Crippen molar-refractivity contribution < 1.29 is 9.47 Å². The zero-order valence-corrected chi connectivity index (χ0v) is 17.3. The highest BCUT2D eigenvalue weighted by Gasteiger charge is 2.18. The number of benzene rings is 1. The van der Waals surface area contributed by atoms with Gasteiger partial charge in [0.1, 0.15) is 11.5 Å². The molecule has 1 fully saturated rings. The van der Waals surface area contributed by atoms with Crippen LogP contribution in [0.15, 0.2) is 23.2 Å². The highest BCUT2D eigenvalue weighted by atomic mass is 127. The smallest absolute Gasteiger partial charge is 0.191 e. The predicted molar refractivity (Wildman–Crippen MR) is 110 cm³/mol. The molecule has 0 unspecified atom stereocenters. The average molecular weight is 447 g/mol. The molecule has 0 bridgehead atoms. The Morgan fingerprint density at radius 3 is 2.50 bits per heavy atom. The van der Waals surface area contributed by atoms with Crippen molar-refractivity contribution in [2.75, 3.05) is 20.2 Å². The van der Waals surface area contributed by atoms with Gasteiger partial charge in [0.15, 0.2) is 5.96 Å². The first-order valence-electron chi connectivity index (χ1n) is 8.56. The Balaban J connectivity index is 0.00000288. The summed E-state index contributed by atoms with van der Waals surface area (Å²) < 4.78 is 11.5. The van der Waals surface area contributed by atoms with Crippen molar-refractivity contribution in [3.8, 4) is 11.5 Å². The molecule has 0 aromatic heterocycles. The van der Waals surface area contributed by atoms with Crippen LogP contribution in [-0.4, -0.2) is 37.2 Å². The van der Waals surface area contributed by atoms with Crippen LogP contribution in [0.3, 0.4) is 0 Å². The van der Waals surface area contributed by atoms with E-state index in [1.807, 2.05) is 23.1 Å². The van der Waals surface area contributed by atoms with Crippen molar-refractivity contribution in [3.05, 3.63) is 23.8 Å². The minimum absolute atomic E-state index is 0. The van der Waals surface area contributed by atoms with Gasteiger partial charge in [0.05, 0.1) is 19.8 Å². The molecule has 1 aliphatic rings. The highest BCUT2D eigenvalue weighted by Crippen LogP contribution is 2.30. The number of halogens is 1. The lowest BCUT2D eigenvalue weighted by molar-refractivity contribution is 0.207. The third-order valence-electron chi connectivity index (χ3n) is 4.37. The van der Waals surface area contributed by atoms with Gasteiger partial charge in [-0.1, -0.05) is 0 Å². The molecule has 1 saturated carbocycles. The fourth-order valence-corrected chi connectivity index (χ4v) is 2.90. The van der Waals surface area contributed by atoms with Crippen LogP contribution in [-0.2, 0) is 6.54 Å². The van der Waals surface area contributed by atoms with E-state index in [1.54, 1.807) is 7.11 Å². The molecule has 1 aromatic rings. The van der Waals surface area contributed by atoms with E-state index >= 15 is 0 Å². The van der Waals surface area contributed by atoms with Crippen LogP contribution >= 0.6 is 24.0 Å². The van der Waals surface area contributed by atoms with E-state index in [0.717, 1.165) is 43.0 Å². The lowest BCUT2D eigenvalue weighted by Gasteiger charge is -2.20. The highest BCUT2D eigenvalue weighted by molar-refractivity contribution is 14.0. The van der Waals surface area contributed by atoms with Crippen LogP contribution in [0.5, 0.6) is 11.5 Å². The molecule has 6 heteroatoms. The summed E-state index contributed by atoms with van der Waals surface area (Å²) in [4.78, 5) is 6.57. The summed E-state index contributed by atoms with van der Waals surface area (Å²) in [5, 5.41) is 0. The molecule has 0 radical (unpaired) electrons. The van der Waals surface area contributed by atoms with E-state index in [2.05, 4.69) is 18.8 Å². The van der Waals surface area contributed by atoms with Crippen molar-refractivity contribution >= 4 is 29.9 Å². The molecule has 0 amide bonds. The molecule has 5 nitrogen and oxygen atoms in total. The van der Waals surface area contributed by atoms with Crippen LogP contribution in [0.4, 0.5) is 0 Å². The van der Waals surface area contributed by atoms with Gasteiger partial charge in [0.25, 0.3) is 0 Å². The molecular formula is C18H30IN3O2. The third kappa shape index (κ3) is 5.72. The van der Waals surface area contributed by atoms with E-state index in [9.17, 15) is 0 Å². The molecule has 1 aromatic carbocycles. The summed E-state index contributed by atoms with van der Waals surface area (Å²) in [6.45, 7) is 6.40. The van der Waals surface area contributed by atoms with E-state index in [-0.39, 0.29) is 24.0 Å². The Bertz CT molecular complexity index is 527. The van der Waals surface area contributed by atoms with Crippen LogP contribution in [0, 0.1) is 0 Å². The summed E-state index contributed by atoms with van der Waals surface area (Å²) in [5.74, 6) is 2.26. The molecule has 24 heavy (non-hydrogen) atoms. The summed E-state index contributed by atoms with van der Waals surface area (Å²) in [5.41, 5.74) is 7.12. The first-order chi connectivity index (χ1) is 11.2. The Morgan fingerprint density at radius 2 is 1.92 bits per heavy atom. The predicted octanol–water partition coefficient (Wildman–Crippen LogP) is 3.79. The zero-order chi connectivity index (χ0) is 16.7. The minimum atomic E-state index is 0. The van der Waals surface area contributed by atoms with Gasteiger partial charge in [-0.2, -0.15) is 0 Å². The van der Waals surface area contributed by atoms with E-state index in [4.69, 9.17) is 15.2 Å². The van der Waals surface area contributed by atoms with Crippen molar-refractivity contribution in [1.29, 1.82) is 0 Å². The second-order valence-electron chi connectivity index (χ2n) is 5.84. The van der Waals surface area contributed by atoms with E-state index in [0.29, 0.717) is 18.6 Å². The molecule has 2 rings (SSSR count). The zero-order valence-electron chi connectivity index (χ0n) is 15.0. The van der Waals surface area contributed by atoms with Crippen LogP contribution in [0.25, 0.3) is 0 Å². The average Bonchev–Trinajstić information content (AvgIpc) is 3.07. The van der Waals surface area contributed by atoms with Gasteiger partial charge in [0, 0.05) is 24.7 Å². The molecular weight excluding hydrogens is 417 g/mol. The standard InChI is InChI=1S/C18H29N3O2.HI/c1-4-21(5-2)18(19)20-13-14-10-11-16(22-3)12-17(14)23-15-8-6-7-9-15;/h10-12,15H,4-9,13H2,1-3H3,(H2,19,20);1H. The fraction of sp³-hybridized carbons (Fsp3) is 0.611. The number of rotatable bonds is 7. The number of nitrogens with zero attached hydrogens (tertiary/aromatic N) is 2. The Labute approximate surface area is 162 Å². The number of aliphatic imine (C=N–C) groups is 1. The molecule has 136 valence electrons. The van der Waals surface area contributed by atoms with Crippen molar-refractivity contribution in [2.45, 2.75) is 52.2 Å².